The Morgan fingerprint density at radius 3 is 2.67 bits per heavy atom. The van der Waals surface area contributed by atoms with Crippen molar-refractivity contribution in [2.45, 2.75) is 19.4 Å². The Morgan fingerprint density at radius 2 is 2.13 bits per heavy atom. The molecule has 0 heterocycles. The Balaban J connectivity index is 2.98. The van der Waals surface area contributed by atoms with Gasteiger partial charge in [-0.25, -0.2) is 4.39 Å². The molecule has 2 atom stereocenters. The molecule has 4 heteroatoms. The third kappa shape index (κ3) is 2.91. The van der Waals surface area contributed by atoms with Crippen LogP contribution in [-0.4, -0.2) is 6.54 Å². The third-order valence-electron chi connectivity index (χ3n) is 2.65. The molecule has 1 aromatic carbocycles. The summed E-state index contributed by atoms with van der Waals surface area (Å²) in [6.45, 7) is 2.43. The van der Waals surface area contributed by atoms with Crippen LogP contribution in [0.3, 0.4) is 0 Å². The number of rotatable bonds is 4. The second kappa shape index (κ2) is 5.45. The van der Waals surface area contributed by atoms with E-state index in [2.05, 4.69) is 0 Å². The molecule has 1 rings (SSSR count). The van der Waals surface area contributed by atoms with Crippen LogP contribution in [0.1, 0.15) is 24.9 Å². The highest BCUT2D eigenvalue weighted by molar-refractivity contribution is 6.30. The van der Waals surface area contributed by atoms with Crippen LogP contribution in [0.25, 0.3) is 0 Å². The van der Waals surface area contributed by atoms with Crippen LogP contribution in [0.2, 0.25) is 5.02 Å². The fraction of sp³-hybridized carbons (Fsp3) is 0.455. The van der Waals surface area contributed by atoms with Gasteiger partial charge in [0.2, 0.25) is 0 Å². The zero-order chi connectivity index (χ0) is 11.4. The largest absolute Gasteiger partial charge is 0.330 e. The molecule has 1 aromatic rings. The smallest absolute Gasteiger partial charge is 0.128 e. The van der Waals surface area contributed by atoms with Crippen molar-refractivity contribution >= 4 is 11.6 Å². The van der Waals surface area contributed by atoms with Gasteiger partial charge in [0.05, 0.1) is 0 Å². The summed E-state index contributed by atoms with van der Waals surface area (Å²) in [5.74, 6) is -0.239. The predicted molar refractivity (Wildman–Crippen MR) is 61.2 cm³/mol. The summed E-state index contributed by atoms with van der Waals surface area (Å²) in [7, 11) is 0. The van der Waals surface area contributed by atoms with Crippen molar-refractivity contribution in [3.63, 3.8) is 0 Å². The van der Waals surface area contributed by atoms with Crippen molar-refractivity contribution in [3.8, 4) is 0 Å². The van der Waals surface area contributed by atoms with E-state index in [1.807, 2.05) is 6.92 Å². The molecule has 0 bridgehead atoms. The molecule has 15 heavy (non-hydrogen) atoms. The van der Waals surface area contributed by atoms with E-state index >= 15 is 0 Å². The number of halogens is 2. The van der Waals surface area contributed by atoms with Crippen molar-refractivity contribution in [2.75, 3.05) is 6.54 Å². The molecule has 4 N–H and O–H groups in total. The quantitative estimate of drug-likeness (QED) is 0.835. The first kappa shape index (κ1) is 12.4. The summed E-state index contributed by atoms with van der Waals surface area (Å²) >= 11 is 5.80. The van der Waals surface area contributed by atoms with E-state index in [1.165, 1.54) is 12.1 Å². The fourth-order valence-electron chi connectivity index (χ4n) is 1.59. The van der Waals surface area contributed by atoms with Gasteiger partial charge in [0.1, 0.15) is 5.82 Å². The molecule has 0 aliphatic carbocycles. The molecule has 0 saturated heterocycles. The summed E-state index contributed by atoms with van der Waals surface area (Å²) < 4.78 is 13.5. The van der Waals surface area contributed by atoms with E-state index in [9.17, 15) is 4.39 Å². The molecular weight excluding hydrogens is 215 g/mol. The highest BCUT2D eigenvalue weighted by Gasteiger charge is 2.19. The van der Waals surface area contributed by atoms with E-state index in [1.54, 1.807) is 6.07 Å². The molecule has 0 fully saturated rings. The number of nitrogens with two attached hydrogens (primary N) is 2. The maximum Gasteiger partial charge on any atom is 0.128 e. The van der Waals surface area contributed by atoms with Crippen LogP contribution in [0.15, 0.2) is 18.2 Å². The lowest BCUT2D eigenvalue weighted by molar-refractivity contribution is 0.414. The maximum atomic E-state index is 13.5. The molecule has 0 saturated carbocycles. The predicted octanol–water partition coefficient (Wildman–Crippen LogP) is 2.46. The Kier molecular flexibility index (Phi) is 4.51. The van der Waals surface area contributed by atoms with E-state index in [0.717, 1.165) is 6.42 Å². The van der Waals surface area contributed by atoms with Crippen LogP contribution < -0.4 is 11.5 Å². The molecule has 84 valence electrons. The molecule has 0 radical (unpaired) electrons. The summed E-state index contributed by atoms with van der Waals surface area (Å²) in [6.07, 6.45) is 0.823. The first-order chi connectivity index (χ1) is 7.10. The van der Waals surface area contributed by atoms with E-state index < -0.39 is 6.04 Å². The summed E-state index contributed by atoms with van der Waals surface area (Å²) in [5, 5.41) is 0.494. The first-order valence-electron chi connectivity index (χ1n) is 5.00. The average Bonchev–Trinajstić information content (AvgIpc) is 2.23. The second-order valence-corrected chi connectivity index (χ2v) is 4.03. The van der Waals surface area contributed by atoms with Gasteiger partial charge in [-0.05, 0) is 30.7 Å². The van der Waals surface area contributed by atoms with Gasteiger partial charge in [0.25, 0.3) is 0 Å². The lowest BCUT2D eigenvalue weighted by Gasteiger charge is -2.21. The van der Waals surface area contributed by atoms with Crippen LogP contribution in [-0.2, 0) is 0 Å². The van der Waals surface area contributed by atoms with Crippen molar-refractivity contribution in [2.24, 2.45) is 17.4 Å². The highest BCUT2D eigenvalue weighted by Crippen LogP contribution is 2.26. The van der Waals surface area contributed by atoms with Crippen molar-refractivity contribution in [1.82, 2.24) is 0 Å². The maximum absolute atomic E-state index is 13.5. The second-order valence-electron chi connectivity index (χ2n) is 3.60. The lowest BCUT2D eigenvalue weighted by atomic mass is 9.91. The zero-order valence-electron chi connectivity index (χ0n) is 8.71. The van der Waals surface area contributed by atoms with Crippen LogP contribution in [0.5, 0.6) is 0 Å². The zero-order valence-corrected chi connectivity index (χ0v) is 9.47. The number of hydrogen-bond acceptors (Lipinski definition) is 2. The SMILES string of the molecule is CCC(CN)C(N)c1cc(Cl)ccc1F. The van der Waals surface area contributed by atoms with Gasteiger partial charge in [-0.3, -0.25) is 0 Å². The van der Waals surface area contributed by atoms with Crippen molar-refractivity contribution in [3.05, 3.63) is 34.6 Å². The molecule has 0 amide bonds. The Bertz CT molecular complexity index is 326. The minimum Gasteiger partial charge on any atom is -0.330 e. The van der Waals surface area contributed by atoms with Gasteiger partial charge in [0.15, 0.2) is 0 Å². The average molecular weight is 231 g/mol. The summed E-state index contributed by atoms with van der Waals surface area (Å²) in [4.78, 5) is 0. The topological polar surface area (TPSA) is 52.0 Å². The van der Waals surface area contributed by atoms with Gasteiger partial charge < -0.3 is 11.5 Å². The Labute approximate surface area is 94.4 Å². The molecular formula is C11H16ClFN2. The van der Waals surface area contributed by atoms with Crippen LogP contribution >= 0.6 is 11.6 Å². The normalized spacial score (nSPS) is 15.0. The van der Waals surface area contributed by atoms with E-state index in [-0.39, 0.29) is 11.7 Å². The summed E-state index contributed by atoms with van der Waals surface area (Å²) in [6, 6.07) is 4.02. The van der Waals surface area contributed by atoms with Crippen molar-refractivity contribution in [1.29, 1.82) is 0 Å². The van der Waals surface area contributed by atoms with Gasteiger partial charge in [-0.15, -0.1) is 0 Å². The van der Waals surface area contributed by atoms with Crippen molar-refractivity contribution < 1.29 is 4.39 Å². The monoisotopic (exact) mass is 230 g/mol. The van der Waals surface area contributed by atoms with E-state index in [4.69, 9.17) is 23.1 Å². The first-order valence-corrected chi connectivity index (χ1v) is 5.38. The lowest BCUT2D eigenvalue weighted by Crippen LogP contribution is -2.28. The number of hydrogen-bond donors (Lipinski definition) is 2. The minimum atomic E-state index is -0.390. The van der Waals surface area contributed by atoms with Gasteiger partial charge in [-0.1, -0.05) is 24.9 Å². The molecule has 2 nitrogen and oxygen atoms in total. The van der Waals surface area contributed by atoms with Gasteiger partial charge in [0, 0.05) is 16.6 Å². The van der Waals surface area contributed by atoms with Crippen LogP contribution in [0, 0.1) is 11.7 Å². The van der Waals surface area contributed by atoms with Crippen LogP contribution in [0.4, 0.5) is 4.39 Å². The summed E-state index contributed by atoms with van der Waals surface area (Å²) in [5.41, 5.74) is 12.0. The molecule has 0 aromatic heterocycles. The molecule has 0 spiro atoms. The molecule has 0 aliphatic heterocycles. The molecule has 2 unspecified atom stereocenters. The minimum absolute atomic E-state index is 0.0815. The van der Waals surface area contributed by atoms with E-state index in [0.29, 0.717) is 17.1 Å². The fourth-order valence-corrected chi connectivity index (χ4v) is 1.77. The Morgan fingerprint density at radius 1 is 1.47 bits per heavy atom. The number of benzene rings is 1. The Hall–Kier alpha value is -0.640. The third-order valence-corrected chi connectivity index (χ3v) is 2.89. The standard InChI is InChI=1S/C11H16ClFN2/c1-2-7(6-14)11(15)9-5-8(12)3-4-10(9)13/h3-5,7,11H,2,6,14-15H2,1H3. The highest BCUT2D eigenvalue weighted by atomic mass is 35.5. The molecule has 0 aliphatic rings. The van der Waals surface area contributed by atoms with Gasteiger partial charge in [-0.2, -0.15) is 0 Å². The van der Waals surface area contributed by atoms with Gasteiger partial charge >= 0.3 is 0 Å².